The summed E-state index contributed by atoms with van der Waals surface area (Å²) in [5.74, 6) is 0.464. The summed E-state index contributed by atoms with van der Waals surface area (Å²) in [5.41, 5.74) is 6.25. The average molecular weight is 206 g/mol. The third-order valence-electron chi connectivity index (χ3n) is 2.00. The number of aromatic nitrogens is 3. The lowest BCUT2D eigenvalue weighted by molar-refractivity contribution is 0.408. The minimum Gasteiger partial charge on any atom is -0.343 e. The molecule has 2 aromatic heterocycles. The Morgan fingerprint density at radius 3 is 3.00 bits per heavy atom. The van der Waals surface area contributed by atoms with Gasteiger partial charge in [-0.15, -0.1) is 0 Å². The standard InChI is InChI=1S/C9H10N4O2/c10-3-7-1-2-9(14)13(4-7)5-8-11-6-15-12-8/h1-2,4,6H,3,5,10H2. The molecule has 0 amide bonds. The fourth-order valence-corrected chi connectivity index (χ4v) is 1.24. The molecular weight excluding hydrogens is 196 g/mol. The van der Waals surface area contributed by atoms with Gasteiger partial charge in [0.05, 0.1) is 6.54 Å². The maximum atomic E-state index is 11.4. The van der Waals surface area contributed by atoms with E-state index in [1.807, 2.05) is 0 Å². The van der Waals surface area contributed by atoms with Gasteiger partial charge in [-0.3, -0.25) is 4.79 Å². The molecule has 0 aromatic carbocycles. The van der Waals surface area contributed by atoms with Crippen LogP contribution >= 0.6 is 0 Å². The van der Waals surface area contributed by atoms with E-state index in [0.717, 1.165) is 5.56 Å². The number of hydrogen-bond acceptors (Lipinski definition) is 5. The van der Waals surface area contributed by atoms with Crippen molar-refractivity contribution in [3.05, 3.63) is 46.5 Å². The summed E-state index contributed by atoms with van der Waals surface area (Å²) in [6.45, 7) is 0.690. The van der Waals surface area contributed by atoms with Crippen molar-refractivity contribution >= 4 is 0 Å². The molecule has 15 heavy (non-hydrogen) atoms. The van der Waals surface area contributed by atoms with E-state index in [1.165, 1.54) is 17.0 Å². The van der Waals surface area contributed by atoms with Crippen molar-refractivity contribution in [1.29, 1.82) is 0 Å². The smallest absolute Gasteiger partial charge is 0.250 e. The van der Waals surface area contributed by atoms with Crippen molar-refractivity contribution in [3.8, 4) is 0 Å². The zero-order chi connectivity index (χ0) is 10.7. The van der Waals surface area contributed by atoms with Gasteiger partial charge in [0.2, 0.25) is 6.39 Å². The Balaban J connectivity index is 2.31. The molecule has 2 rings (SSSR count). The summed E-state index contributed by atoms with van der Waals surface area (Å²) in [4.78, 5) is 15.3. The molecule has 6 nitrogen and oxygen atoms in total. The highest BCUT2D eigenvalue weighted by Gasteiger charge is 2.02. The second-order valence-electron chi connectivity index (χ2n) is 3.06. The maximum absolute atomic E-state index is 11.4. The van der Waals surface area contributed by atoms with Crippen molar-refractivity contribution in [3.63, 3.8) is 0 Å². The summed E-state index contributed by atoms with van der Waals surface area (Å²) >= 11 is 0. The van der Waals surface area contributed by atoms with E-state index in [2.05, 4.69) is 14.7 Å². The second-order valence-corrected chi connectivity index (χ2v) is 3.06. The molecule has 0 atom stereocenters. The highest BCUT2D eigenvalue weighted by molar-refractivity contribution is 5.10. The van der Waals surface area contributed by atoms with E-state index in [0.29, 0.717) is 18.9 Å². The molecule has 78 valence electrons. The summed E-state index contributed by atoms with van der Waals surface area (Å²) < 4.78 is 6.08. The van der Waals surface area contributed by atoms with Gasteiger partial charge < -0.3 is 14.8 Å². The molecule has 0 aliphatic rings. The van der Waals surface area contributed by atoms with Crippen molar-refractivity contribution in [2.24, 2.45) is 5.73 Å². The minimum absolute atomic E-state index is 0.114. The lowest BCUT2D eigenvalue weighted by atomic mass is 10.3. The molecule has 0 fully saturated rings. The van der Waals surface area contributed by atoms with Crippen LogP contribution in [0.3, 0.4) is 0 Å². The average Bonchev–Trinajstić information content (AvgIpc) is 2.74. The van der Waals surface area contributed by atoms with Crippen LogP contribution in [0.25, 0.3) is 0 Å². The largest absolute Gasteiger partial charge is 0.343 e. The molecule has 0 saturated heterocycles. The fraction of sp³-hybridized carbons (Fsp3) is 0.222. The first kappa shape index (κ1) is 9.60. The third-order valence-corrected chi connectivity index (χ3v) is 2.00. The Labute approximate surface area is 85.3 Å². The van der Waals surface area contributed by atoms with Crippen LogP contribution in [-0.4, -0.2) is 14.7 Å². The normalized spacial score (nSPS) is 10.5. The van der Waals surface area contributed by atoms with Gasteiger partial charge in [-0.05, 0) is 5.56 Å². The molecule has 0 spiro atoms. The van der Waals surface area contributed by atoms with Crippen LogP contribution in [0.2, 0.25) is 0 Å². The molecule has 0 bridgehead atoms. The molecule has 2 heterocycles. The highest BCUT2D eigenvalue weighted by atomic mass is 16.5. The first-order valence-corrected chi connectivity index (χ1v) is 4.44. The van der Waals surface area contributed by atoms with Crippen molar-refractivity contribution in [2.75, 3.05) is 0 Å². The highest BCUT2D eigenvalue weighted by Crippen LogP contribution is 1.97. The van der Waals surface area contributed by atoms with Crippen LogP contribution in [0, 0.1) is 0 Å². The monoisotopic (exact) mass is 206 g/mol. The van der Waals surface area contributed by atoms with Crippen LogP contribution in [0.15, 0.2) is 34.0 Å². The number of nitrogens with zero attached hydrogens (tertiary/aromatic N) is 3. The van der Waals surface area contributed by atoms with E-state index in [9.17, 15) is 4.79 Å². The van der Waals surface area contributed by atoms with Crippen LogP contribution < -0.4 is 11.3 Å². The van der Waals surface area contributed by atoms with Gasteiger partial charge in [0.15, 0.2) is 5.82 Å². The molecule has 0 unspecified atom stereocenters. The van der Waals surface area contributed by atoms with Crippen LogP contribution in [0.4, 0.5) is 0 Å². The Hall–Kier alpha value is -1.95. The zero-order valence-electron chi connectivity index (χ0n) is 7.96. The predicted molar refractivity (Wildman–Crippen MR) is 52.0 cm³/mol. The SMILES string of the molecule is NCc1ccc(=O)n(Cc2ncon2)c1. The van der Waals surface area contributed by atoms with E-state index >= 15 is 0 Å². The predicted octanol–water partition coefficient (Wildman–Crippen LogP) is -0.262. The molecule has 0 aliphatic carbocycles. The van der Waals surface area contributed by atoms with Gasteiger partial charge in [-0.1, -0.05) is 11.2 Å². The van der Waals surface area contributed by atoms with Gasteiger partial charge in [0.1, 0.15) is 0 Å². The van der Waals surface area contributed by atoms with Crippen LogP contribution in [0.1, 0.15) is 11.4 Å². The van der Waals surface area contributed by atoms with E-state index < -0.39 is 0 Å². The lowest BCUT2D eigenvalue weighted by Gasteiger charge is -2.03. The van der Waals surface area contributed by atoms with Gasteiger partial charge >= 0.3 is 0 Å². The zero-order valence-corrected chi connectivity index (χ0v) is 7.96. The third kappa shape index (κ3) is 2.10. The van der Waals surface area contributed by atoms with Gasteiger partial charge in [-0.2, -0.15) is 4.98 Å². The first-order valence-electron chi connectivity index (χ1n) is 4.44. The molecule has 2 N–H and O–H groups in total. The Bertz CT molecular complexity index is 489. The summed E-state index contributed by atoms with van der Waals surface area (Å²) in [6, 6.07) is 3.18. The number of rotatable bonds is 3. The van der Waals surface area contributed by atoms with Gasteiger partial charge in [0.25, 0.3) is 5.56 Å². The number of hydrogen-bond donors (Lipinski definition) is 1. The van der Waals surface area contributed by atoms with Crippen molar-refractivity contribution in [1.82, 2.24) is 14.7 Å². The Kier molecular flexibility index (Phi) is 2.59. The summed E-state index contributed by atoms with van der Waals surface area (Å²) in [7, 11) is 0. The van der Waals surface area contributed by atoms with Crippen molar-refractivity contribution in [2.45, 2.75) is 13.1 Å². The van der Waals surface area contributed by atoms with Gasteiger partial charge in [-0.25, -0.2) is 0 Å². The van der Waals surface area contributed by atoms with Gasteiger partial charge in [0, 0.05) is 18.8 Å². The molecule has 2 aromatic rings. The number of pyridine rings is 1. The molecule has 0 saturated carbocycles. The molecule has 0 radical (unpaired) electrons. The Morgan fingerprint density at radius 1 is 1.47 bits per heavy atom. The quantitative estimate of drug-likeness (QED) is 0.747. The van der Waals surface area contributed by atoms with Crippen LogP contribution in [0.5, 0.6) is 0 Å². The first-order chi connectivity index (χ1) is 7.29. The van der Waals surface area contributed by atoms with Crippen molar-refractivity contribution < 1.29 is 4.52 Å². The lowest BCUT2D eigenvalue weighted by Crippen LogP contribution is -2.20. The summed E-state index contributed by atoms with van der Waals surface area (Å²) in [5, 5.41) is 3.63. The minimum atomic E-state index is -0.114. The topological polar surface area (TPSA) is 86.9 Å². The Morgan fingerprint density at radius 2 is 2.33 bits per heavy atom. The van der Waals surface area contributed by atoms with Crippen LogP contribution in [-0.2, 0) is 13.1 Å². The molecule has 0 aliphatic heterocycles. The maximum Gasteiger partial charge on any atom is 0.250 e. The summed E-state index contributed by atoms with van der Waals surface area (Å²) in [6.07, 6.45) is 2.92. The van der Waals surface area contributed by atoms with E-state index in [4.69, 9.17) is 5.73 Å². The fourth-order valence-electron chi connectivity index (χ4n) is 1.24. The van der Waals surface area contributed by atoms with E-state index in [-0.39, 0.29) is 5.56 Å². The second kappa shape index (κ2) is 4.05. The molecular formula is C9H10N4O2. The molecule has 6 heteroatoms. The van der Waals surface area contributed by atoms with E-state index in [1.54, 1.807) is 12.3 Å². The number of nitrogens with two attached hydrogens (primary N) is 1.